The van der Waals surface area contributed by atoms with E-state index < -0.39 is 0 Å². The standard InChI is InChI=1S/C21H32N2O3/c1-6-23(13-15(2)3)14-20(24)22-21(16(4)5)17-8-9-18-19(12-17)26-11-7-10-25-18/h8-9,12,16,21H,2,6-7,10-11,13-14H2,1,3-5H3,(H,22,24). The number of hydrogen-bond donors (Lipinski definition) is 1. The van der Waals surface area contributed by atoms with Gasteiger partial charge in [-0.2, -0.15) is 0 Å². The average molecular weight is 360 g/mol. The van der Waals surface area contributed by atoms with E-state index in [9.17, 15) is 4.79 Å². The maximum Gasteiger partial charge on any atom is 0.234 e. The van der Waals surface area contributed by atoms with Gasteiger partial charge in [-0.3, -0.25) is 9.69 Å². The van der Waals surface area contributed by atoms with Gasteiger partial charge in [0.15, 0.2) is 11.5 Å². The van der Waals surface area contributed by atoms with Crippen LogP contribution in [0.15, 0.2) is 30.4 Å². The molecule has 5 nitrogen and oxygen atoms in total. The van der Waals surface area contributed by atoms with E-state index in [1.165, 1.54) is 0 Å². The van der Waals surface area contributed by atoms with Crippen LogP contribution in [0.25, 0.3) is 0 Å². The van der Waals surface area contributed by atoms with Crippen LogP contribution in [0.5, 0.6) is 11.5 Å². The van der Waals surface area contributed by atoms with Gasteiger partial charge in [-0.15, -0.1) is 0 Å². The highest BCUT2D eigenvalue weighted by Crippen LogP contribution is 2.34. The molecule has 144 valence electrons. The Labute approximate surface area is 157 Å². The number of nitrogens with zero attached hydrogens (tertiary/aromatic N) is 1. The van der Waals surface area contributed by atoms with Crippen molar-refractivity contribution in [2.45, 2.75) is 40.2 Å². The lowest BCUT2D eigenvalue weighted by Crippen LogP contribution is -2.40. The predicted octanol–water partition coefficient (Wildman–Crippen LogP) is 3.56. The molecule has 2 rings (SSSR count). The normalized spacial score (nSPS) is 14.8. The van der Waals surface area contributed by atoms with E-state index in [1.807, 2.05) is 25.1 Å². The van der Waals surface area contributed by atoms with Crippen LogP contribution >= 0.6 is 0 Å². The van der Waals surface area contributed by atoms with Crippen molar-refractivity contribution in [1.82, 2.24) is 10.2 Å². The van der Waals surface area contributed by atoms with Crippen LogP contribution in [-0.4, -0.2) is 43.7 Å². The Balaban J connectivity index is 2.10. The van der Waals surface area contributed by atoms with Gasteiger partial charge in [-0.25, -0.2) is 0 Å². The van der Waals surface area contributed by atoms with Gasteiger partial charge in [0.1, 0.15) is 0 Å². The molecule has 1 aromatic carbocycles. The number of amides is 1. The molecule has 0 saturated heterocycles. The molecule has 1 heterocycles. The molecular weight excluding hydrogens is 328 g/mol. The summed E-state index contributed by atoms with van der Waals surface area (Å²) in [6.45, 7) is 15.4. The summed E-state index contributed by atoms with van der Waals surface area (Å²) in [4.78, 5) is 14.7. The molecule has 0 radical (unpaired) electrons. The topological polar surface area (TPSA) is 50.8 Å². The zero-order valence-corrected chi connectivity index (χ0v) is 16.5. The van der Waals surface area contributed by atoms with E-state index >= 15 is 0 Å². The Morgan fingerprint density at radius 2 is 1.92 bits per heavy atom. The van der Waals surface area contributed by atoms with Crippen molar-refractivity contribution in [2.75, 3.05) is 32.8 Å². The second-order valence-electron chi connectivity index (χ2n) is 7.31. The quantitative estimate of drug-likeness (QED) is 0.720. The fourth-order valence-electron chi connectivity index (χ4n) is 3.09. The molecule has 26 heavy (non-hydrogen) atoms. The summed E-state index contributed by atoms with van der Waals surface area (Å²) in [7, 11) is 0. The van der Waals surface area contributed by atoms with E-state index in [1.54, 1.807) is 0 Å². The van der Waals surface area contributed by atoms with Crippen LogP contribution in [0.4, 0.5) is 0 Å². The molecule has 1 N–H and O–H groups in total. The number of rotatable bonds is 8. The van der Waals surface area contributed by atoms with Crippen LogP contribution in [-0.2, 0) is 4.79 Å². The van der Waals surface area contributed by atoms with Crippen molar-refractivity contribution in [3.05, 3.63) is 35.9 Å². The van der Waals surface area contributed by atoms with Crippen LogP contribution in [0, 0.1) is 5.92 Å². The minimum absolute atomic E-state index is 0.0268. The van der Waals surface area contributed by atoms with Gasteiger partial charge in [0.05, 0.1) is 25.8 Å². The molecule has 1 aliphatic heterocycles. The fraction of sp³-hybridized carbons (Fsp3) is 0.571. The number of benzene rings is 1. The Kier molecular flexibility index (Phi) is 7.51. The van der Waals surface area contributed by atoms with Gasteiger partial charge >= 0.3 is 0 Å². The average Bonchev–Trinajstić information content (AvgIpc) is 2.83. The molecule has 1 unspecified atom stereocenters. The monoisotopic (exact) mass is 360 g/mol. The summed E-state index contributed by atoms with van der Waals surface area (Å²) in [5.74, 6) is 1.83. The zero-order chi connectivity index (χ0) is 19.1. The molecule has 1 aromatic rings. The van der Waals surface area contributed by atoms with E-state index in [0.717, 1.165) is 42.1 Å². The van der Waals surface area contributed by atoms with Crippen molar-refractivity contribution >= 4 is 5.91 Å². The summed E-state index contributed by atoms with van der Waals surface area (Å²) in [5.41, 5.74) is 2.10. The maximum absolute atomic E-state index is 12.6. The minimum atomic E-state index is -0.0665. The highest BCUT2D eigenvalue weighted by molar-refractivity contribution is 5.78. The molecule has 0 saturated carbocycles. The fourth-order valence-corrected chi connectivity index (χ4v) is 3.09. The van der Waals surface area contributed by atoms with E-state index in [2.05, 4.69) is 37.6 Å². The Bertz CT molecular complexity index is 628. The first kappa shape index (κ1) is 20.3. The Hall–Kier alpha value is -2.01. The first-order valence-corrected chi connectivity index (χ1v) is 9.46. The van der Waals surface area contributed by atoms with Crippen LogP contribution in [0.2, 0.25) is 0 Å². The summed E-state index contributed by atoms with van der Waals surface area (Å²) in [6.07, 6.45) is 0.879. The zero-order valence-electron chi connectivity index (χ0n) is 16.5. The van der Waals surface area contributed by atoms with Gasteiger partial charge in [0.2, 0.25) is 5.91 Å². The highest BCUT2D eigenvalue weighted by Gasteiger charge is 2.22. The SMILES string of the molecule is C=C(C)CN(CC)CC(=O)NC(c1ccc2c(c1)OCCCO2)C(C)C. The van der Waals surface area contributed by atoms with E-state index in [-0.39, 0.29) is 17.9 Å². The number of carbonyl (C=O) groups is 1. The van der Waals surface area contributed by atoms with Gasteiger partial charge in [-0.05, 0) is 37.1 Å². The molecule has 1 atom stereocenters. The molecule has 0 bridgehead atoms. The van der Waals surface area contributed by atoms with Crippen molar-refractivity contribution in [3.63, 3.8) is 0 Å². The molecule has 0 fully saturated rings. The second-order valence-corrected chi connectivity index (χ2v) is 7.31. The van der Waals surface area contributed by atoms with Gasteiger partial charge in [0.25, 0.3) is 0 Å². The third-order valence-corrected chi connectivity index (χ3v) is 4.42. The van der Waals surface area contributed by atoms with E-state index in [0.29, 0.717) is 19.8 Å². The van der Waals surface area contributed by atoms with Crippen molar-refractivity contribution < 1.29 is 14.3 Å². The van der Waals surface area contributed by atoms with Gasteiger partial charge in [-0.1, -0.05) is 39.0 Å². The van der Waals surface area contributed by atoms with Crippen molar-refractivity contribution in [1.29, 1.82) is 0 Å². The smallest absolute Gasteiger partial charge is 0.234 e. The number of hydrogen-bond acceptors (Lipinski definition) is 4. The maximum atomic E-state index is 12.6. The third kappa shape index (κ3) is 5.77. The van der Waals surface area contributed by atoms with Crippen molar-refractivity contribution in [3.8, 4) is 11.5 Å². The lowest BCUT2D eigenvalue weighted by atomic mass is 9.95. The lowest BCUT2D eigenvalue weighted by molar-refractivity contribution is -0.123. The van der Waals surface area contributed by atoms with Crippen LogP contribution in [0.1, 0.15) is 45.7 Å². The lowest BCUT2D eigenvalue weighted by Gasteiger charge is -2.26. The van der Waals surface area contributed by atoms with Crippen LogP contribution < -0.4 is 14.8 Å². The van der Waals surface area contributed by atoms with Gasteiger partial charge < -0.3 is 14.8 Å². The van der Waals surface area contributed by atoms with Crippen molar-refractivity contribution in [2.24, 2.45) is 5.92 Å². The summed E-state index contributed by atoms with van der Waals surface area (Å²) in [6, 6.07) is 5.89. The number of ether oxygens (including phenoxy) is 2. The summed E-state index contributed by atoms with van der Waals surface area (Å²) in [5, 5.41) is 3.19. The first-order valence-electron chi connectivity index (χ1n) is 9.46. The number of nitrogens with one attached hydrogen (secondary N) is 1. The molecule has 5 heteroatoms. The Morgan fingerprint density at radius 1 is 1.23 bits per heavy atom. The minimum Gasteiger partial charge on any atom is -0.490 e. The highest BCUT2D eigenvalue weighted by atomic mass is 16.5. The largest absolute Gasteiger partial charge is 0.490 e. The number of fused-ring (bicyclic) bond motifs is 1. The molecular formula is C21H32N2O3. The first-order chi connectivity index (χ1) is 12.4. The summed E-state index contributed by atoms with van der Waals surface area (Å²) >= 11 is 0. The van der Waals surface area contributed by atoms with E-state index in [4.69, 9.17) is 9.47 Å². The molecule has 0 spiro atoms. The molecule has 0 aliphatic carbocycles. The molecule has 0 aromatic heterocycles. The van der Waals surface area contributed by atoms with Gasteiger partial charge in [0, 0.05) is 13.0 Å². The molecule has 1 aliphatic rings. The molecule has 1 amide bonds. The van der Waals surface area contributed by atoms with Crippen LogP contribution in [0.3, 0.4) is 0 Å². The second kappa shape index (κ2) is 9.62. The Morgan fingerprint density at radius 3 is 2.54 bits per heavy atom. The number of carbonyl (C=O) groups excluding carboxylic acids is 1. The number of likely N-dealkylation sites (N-methyl/N-ethyl adjacent to an activating group) is 1. The summed E-state index contributed by atoms with van der Waals surface area (Å²) < 4.78 is 11.5. The third-order valence-electron chi connectivity index (χ3n) is 4.42. The predicted molar refractivity (Wildman–Crippen MR) is 105 cm³/mol.